The van der Waals surface area contributed by atoms with Gasteiger partial charge >= 0.3 is 5.97 Å². The summed E-state index contributed by atoms with van der Waals surface area (Å²) in [7, 11) is 0. The number of ether oxygens (including phenoxy) is 1. The number of hydrogen-bond acceptors (Lipinski definition) is 3. The molecule has 0 bridgehead atoms. The summed E-state index contributed by atoms with van der Waals surface area (Å²) < 4.78 is 6.10. The van der Waals surface area contributed by atoms with E-state index in [4.69, 9.17) is 4.74 Å². The maximum atomic E-state index is 12.9. The van der Waals surface area contributed by atoms with E-state index >= 15 is 0 Å². The smallest absolute Gasteiger partial charge is 0.306 e. The molecule has 0 N–H and O–H groups in total. The molecule has 1 saturated heterocycles. The van der Waals surface area contributed by atoms with Gasteiger partial charge < -0.3 is 4.74 Å². The van der Waals surface area contributed by atoms with E-state index in [0.29, 0.717) is 18.1 Å². The van der Waals surface area contributed by atoms with Crippen molar-refractivity contribution in [2.45, 2.75) is 90.1 Å². The highest BCUT2D eigenvalue weighted by molar-refractivity contribution is 5.91. The van der Waals surface area contributed by atoms with E-state index in [1.54, 1.807) is 11.1 Å². The molecule has 28 heavy (non-hydrogen) atoms. The lowest BCUT2D eigenvalue weighted by atomic mass is 9.45. The summed E-state index contributed by atoms with van der Waals surface area (Å²) in [5, 5.41) is 0. The molecule has 0 radical (unpaired) electrons. The summed E-state index contributed by atoms with van der Waals surface area (Å²) in [5.41, 5.74) is 3.60. The van der Waals surface area contributed by atoms with Crippen LogP contribution in [0.2, 0.25) is 0 Å². The molecule has 7 aliphatic rings. The lowest BCUT2D eigenvalue weighted by Gasteiger charge is -2.59. The molecule has 0 amide bonds. The summed E-state index contributed by atoms with van der Waals surface area (Å²) in [4.78, 5) is 24.9. The summed E-state index contributed by atoms with van der Waals surface area (Å²) >= 11 is 0. The Labute approximate surface area is 167 Å². The first kappa shape index (κ1) is 16.7. The molecule has 1 heterocycles. The van der Waals surface area contributed by atoms with Crippen molar-refractivity contribution in [1.29, 1.82) is 0 Å². The summed E-state index contributed by atoms with van der Waals surface area (Å²) in [6, 6.07) is 0. The lowest BCUT2D eigenvalue weighted by Crippen LogP contribution is -2.55. The Hall–Kier alpha value is -1.12. The zero-order valence-electron chi connectivity index (χ0n) is 17.3. The van der Waals surface area contributed by atoms with E-state index in [1.807, 2.05) is 0 Å². The van der Waals surface area contributed by atoms with Crippen molar-refractivity contribution in [3.05, 3.63) is 11.1 Å². The van der Waals surface area contributed by atoms with Gasteiger partial charge in [-0.3, -0.25) is 9.59 Å². The molecule has 1 aliphatic heterocycles. The Morgan fingerprint density at radius 2 is 1.75 bits per heavy atom. The molecule has 7 atom stereocenters. The molecule has 4 unspecified atom stereocenters. The second-order valence-corrected chi connectivity index (χ2v) is 12.0. The fraction of sp³-hybridized carbons (Fsp3) is 0.840. The second-order valence-electron chi connectivity index (χ2n) is 12.0. The zero-order valence-corrected chi connectivity index (χ0v) is 17.3. The highest BCUT2D eigenvalue weighted by atomic mass is 16.6. The summed E-state index contributed by atoms with van der Waals surface area (Å²) in [6.45, 7) is 5.01. The maximum Gasteiger partial charge on any atom is 0.306 e. The van der Waals surface area contributed by atoms with Crippen LogP contribution in [-0.4, -0.2) is 17.4 Å². The van der Waals surface area contributed by atoms with Gasteiger partial charge in [-0.25, -0.2) is 0 Å². The lowest BCUT2D eigenvalue weighted by molar-refractivity contribution is -0.168. The van der Waals surface area contributed by atoms with Crippen molar-refractivity contribution >= 4 is 11.8 Å². The van der Waals surface area contributed by atoms with Crippen molar-refractivity contribution in [3.63, 3.8) is 0 Å². The Balaban J connectivity index is 1.30. The number of esters is 1. The number of carbonyl (C=O) groups excluding carboxylic acids is 2. The molecule has 6 aliphatic carbocycles. The van der Waals surface area contributed by atoms with Crippen molar-refractivity contribution in [3.8, 4) is 0 Å². The molecule has 2 spiro atoms. The van der Waals surface area contributed by atoms with E-state index in [9.17, 15) is 9.59 Å². The predicted molar refractivity (Wildman–Crippen MR) is 104 cm³/mol. The van der Waals surface area contributed by atoms with Gasteiger partial charge in [-0.15, -0.1) is 0 Å². The van der Waals surface area contributed by atoms with Gasteiger partial charge in [0, 0.05) is 23.7 Å². The van der Waals surface area contributed by atoms with Crippen molar-refractivity contribution < 1.29 is 14.3 Å². The van der Waals surface area contributed by atoms with Crippen molar-refractivity contribution in [2.24, 2.45) is 39.9 Å². The van der Waals surface area contributed by atoms with Gasteiger partial charge in [-0.1, -0.05) is 25.0 Å². The first-order valence-corrected chi connectivity index (χ1v) is 11.8. The average Bonchev–Trinajstić information content (AvgIpc) is 3.55. The molecule has 5 saturated carbocycles. The van der Waals surface area contributed by atoms with E-state index < -0.39 is 0 Å². The highest BCUT2D eigenvalue weighted by Gasteiger charge is 2.72. The minimum absolute atomic E-state index is 0.0374. The molecular weight excluding hydrogens is 348 g/mol. The van der Waals surface area contributed by atoms with Crippen LogP contribution in [0.1, 0.15) is 84.5 Å². The Morgan fingerprint density at radius 1 is 0.964 bits per heavy atom. The average molecular weight is 381 g/mol. The van der Waals surface area contributed by atoms with Crippen LogP contribution in [0.15, 0.2) is 11.1 Å². The number of fused-ring (bicyclic) bond motifs is 8. The SMILES string of the molecule is C[C@]12CC3(CC3)C(=O)CC1=C1CC1C1C2CC[C@@]2(C)C1CC[C@@]21CCC(=O)O1. The number of rotatable bonds is 0. The van der Waals surface area contributed by atoms with Crippen LogP contribution < -0.4 is 0 Å². The largest absolute Gasteiger partial charge is 0.458 e. The van der Waals surface area contributed by atoms with Crippen molar-refractivity contribution in [1.82, 2.24) is 0 Å². The van der Waals surface area contributed by atoms with Crippen LogP contribution in [0, 0.1) is 39.9 Å². The van der Waals surface area contributed by atoms with Crippen LogP contribution in [-0.2, 0) is 14.3 Å². The van der Waals surface area contributed by atoms with E-state index in [0.717, 1.165) is 56.3 Å². The fourth-order valence-electron chi connectivity index (χ4n) is 9.59. The minimum Gasteiger partial charge on any atom is -0.458 e. The fourth-order valence-corrected chi connectivity index (χ4v) is 9.59. The van der Waals surface area contributed by atoms with Gasteiger partial charge in [0.05, 0.1) is 0 Å². The molecule has 0 aromatic carbocycles. The Bertz CT molecular complexity index is 865. The van der Waals surface area contributed by atoms with Gasteiger partial charge in [0.1, 0.15) is 11.4 Å². The van der Waals surface area contributed by atoms with Gasteiger partial charge in [-0.2, -0.15) is 0 Å². The van der Waals surface area contributed by atoms with E-state index in [-0.39, 0.29) is 27.8 Å². The number of carbonyl (C=O) groups is 2. The number of allylic oxidation sites excluding steroid dienone is 2. The molecule has 0 aromatic heterocycles. The van der Waals surface area contributed by atoms with Crippen LogP contribution in [0.4, 0.5) is 0 Å². The van der Waals surface area contributed by atoms with Crippen molar-refractivity contribution in [2.75, 3.05) is 0 Å². The molecule has 3 heteroatoms. The quantitative estimate of drug-likeness (QED) is 0.439. The van der Waals surface area contributed by atoms with Crippen LogP contribution in [0.25, 0.3) is 0 Å². The van der Waals surface area contributed by atoms with Crippen LogP contribution in [0.3, 0.4) is 0 Å². The third-order valence-corrected chi connectivity index (χ3v) is 11.2. The van der Waals surface area contributed by atoms with Gasteiger partial charge in [-0.05, 0) is 86.9 Å². The second kappa shape index (κ2) is 4.62. The van der Waals surface area contributed by atoms with Crippen LogP contribution >= 0.6 is 0 Å². The topological polar surface area (TPSA) is 43.4 Å². The first-order chi connectivity index (χ1) is 13.3. The monoisotopic (exact) mass is 380 g/mol. The number of hydrogen-bond donors (Lipinski definition) is 0. The molecule has 6 fully saturated rings. The van der Waals surface area contributed by atoms with E-state index in [2.05, 4.69) is 13.8 Å². The Kier molecular flexibility index (Phi) is 2.75. The molecule has 150 valence electrons. The third kappa shape index (κ3) is 1.68. The van der Waals surface area contributed by atoms with Crippen LogP contribution in [0.5, 0.6) is 0 Å². The van der Waals surface area contributed by atoms with Gasteiger partial charge in [0.15, 0.2) is 0 Å². The number of Topliss-reactive ketones (excluding diaryl/α,β-unsaturated/α-hetero) is 1. The molecule has 7 rings (SSSR count). The minimum atomic E-state index is -0.167. The first-order valence-electron chi connectivity index (χ1n) is 11.8. The zero-order chi connectivity index (χ0) is 19.1. The van der Waals surface area contributed by atoms with Gasteiger partial charge in [0.25, 0.3) is 0 Å². The molecular formula is C25H32O3. The highest BCUT2D eigenvalue weighted by Crippen LogP contribution is 2.77. The summed E-state index contributed by atoms with van der Waals surface area (Å²) in [5.74, 6) is 3.56. The third-order valence-electron chi connectivity index (χ3n) is 11.2. The summed E-state index contributed by atoms with van der Waals surface area (Å²) in [6.07, 6.45) is 11.8. The van der Waals surface area contributed by atoms with E-state index in [1.165, 1.54) is 25.7 Å². The number of ketones is 1. The maximum absolute atomic E-state index is 12.9. The predicted octanol–water partition coefficient (Wildman–Crippen LogP) is 4.98. The van der Waals surface area contributed by atoms with Gasteiger partial charge in [0.2, 0.25) is 0 Å². The Morgan fingerprint density at radius 3 is 2.46 bits per heavy atom. The molecule has 3 nitrogen and oxygen atoms in total. The molecule has 0 aromatic rings. The normalized spacial score (nSPS) is 54.9. The standard InChI is InChI=1S/C25H32O3/c1-22-13-24(9-10-24)19(26)12-18(22)14-11-15(14)21-16(22)3-6-23(2)17(21)4-7-25(23)8-5-20(27)28-25/h15-17,21H,3-13H2,1-2H3/t15?,16?,17?,21?,22-,23+,25-/m1/s1.